The van der Waals surface area contributed by atoms with Crippen molar-refractivity contribution in [3.8, 4) is 11.6 Å². The number of halogens is 1. The normalized spacial score (nSPS) is 18.9. The van der Waals surface area contributed by atoms with E-state index in [1.54, 1.807) is 6.20 Å². The van der Waals surface area contributed by atoms with Crippen LogP contribution in [0.5, 0.6) is 11.6 Å². The van der Waals surface area contributed by atoms with E-state index in [4.69, 9.17) is 16.3 Å². The number of hydrogen-bond acceptors (Lipinski definition) is 5. The minimum Gasteiger partial charge on any atom is -0.437 e. The zero-order chi connectivity index (χ0) is 18.4. The van der Waals surface area contributed by atoms with E-state index in [0.29, 0.717) is 28.1 Å². The van der Waals surface area contributed by atoms with Crippen LogP contribution in [0.4, 0.5) is 0 Å². The molecule has 140 valence electrons. The maximum absolute atomic E-state index is 11.0. The van der Waals surface area contributed by atoms with Crippen LogP contribution in [0.25, 0.3) is 11.0 Å². The van der Waals surface area contributed by atoms with Crippen LogP contribution in [-0.2, 0) is 12.1 Å². The highest BCUT2D eigenvalue weighted by atomic mass is 35.5. The van der Waals surface area contributed by atoms with Gasteiger partial charge in [0.25, 0.3) is 0 Å². The molecule has 3 aromatic rings. The van der Waals surface area contributed by atoms with Gasteiger partial charge < -0.3 is 9.84 Å². The van der Waals surface area contributed by atoms with Gasteiger partial charge in [-0.3, -0.25) is 0 Å². The topological polar surface area (TPSA) is 73.1 Å². The second kappa shape index (κ2) is 6.46. The molecule has 5 rings (SSSR count). The number of benzene rings is 1. The Hall–Kier alpha value is -2.18. The van der Waals surface area contributed by atoms with Crippen LogP contribution in [-0.4, -0.2) is 25.1 Å². The number of nitrogens with zero attached hydrogens (tertiary/aromatic N) is 4. The fourth-order valence-corrected chi connectivity index (χ4v) is 4.14. The summed E-state index contributed by atoms with van der Waals surface area (Å²) in [6, 6.07) is 7.47. The Labute approximate surface area is 162 Å². The van der Waals surface area contributed by atoms with E-state index in [1.165, 1.54) is 12.8 Å². The molecule has 27 heavy (non-hydrogen) atoms. The molecule has 2 aliphatic carbocycles. The van der Waals surface area contributed by atoms with Gasteiger partial charge in [0.1, 0.15) is 10.5 Å². The summed E-state index contributed by atoms with van der Waals surface area (Å²) < 4.78 is 7.96. The largest absolute Gasteiger partial charge is 0.437 e. The van der Waals surface area contributed by atoms with Crippen LogP contribution in [0.1, 0.15) is 44.1 Å². The molecule has 2 aliphatic rings. The molecule has 2 fully saturated rings. The molecule has 0 aliphatic heterocycles. The average molecular weight is 385 g/mol. The molecule has 2 heterocycles. The highest BCUT2D eigenvalue weighted by Crippen LogP contribution is 2.44. The molecule has 0 spiro atoms. The molecule has 6 nitrogen and oxygen atoms in total. The summed E-state index contributed by atoms with van der Waals surface area (Å²) in [7, 11) is 0. The van der Waals surface area contributed by atoms with E-state index in [2.05, 4.69) is 15.3 Å². The van der Waals surface area contributed by atoms with Crippen molar-refractivity contribution in [3.05, 3.63) is 41.0 Å². The van der Waals surface area contributed by atoms with E-state index in [0.717, 1.165) is 43.3 Å². The Bertz CT molecular complexity index is 993. The Kier molecular flexibility index (Phi) is 4.06. The lowest BCUT2D eigenvalue weighted by atomic mass is 9.93. The van der Waals surface area contributed by atoms with Crippen molar-refractivity contribution < 1.29 is 9.84 Å². The van der Waals surface area contributed by atoms with Crippen LogP contribution >= 0.6 is 11.6 Å². The van der Waals surface area contributed by atoms with Gasteiger partial charge in [0, 0.05) is 18.3 Å². The number of fused-ring (bicyclic) bond motifs is 1. The van der Waals surface area contributed by atoms with Crippen molar-refractivity contribution in [1.29, 1.82) is 0 Å². The molecule has 0 bridgehead atoms. The van der Waals surface area contributed by atoms with E-state index in [-0.39, 0.29) is 0 Å². The molecular weight excluding hydrogens is 364 g/mol. The Morgan fingerprint density at radius 2 is 2.04 bits per heavy atom. The van der Waals surface area contributed by atoms with E-state index in [1.807, 2.05) is 28.9 Å². The van der Waals surface area contributed by atoms with Crippen molar-refractivity contribution in [3.63, 3.8) is 0 Å². The quantitative estimate of drug-likeness (QED) is 0.703. The number of hydrogen-bond donors (Lipinski definition) is 1. The Morgan fingerprint density at radius 3 is 2.81 bits per heavy atom. The first kappa shape index (κ1) is 17.0. The molecule has 0 amide bonds. The van der Waals surface area contributed by atoms with Gasteiger partial charge in [0.2, 0.25) is 5.88 Å². The van der Waals surface area contributed by atoms with Gasteiger partial charge in [-0.05, 0) is 55.9 Å². The number of aliphatic hydroxyl groups is 1. The zero-order valence-corrected chi connectivity index (χ0v) is 15.7. The fraction of sp³-hybridized carbons (Fsp3) is 0.450. The van der Waals surface area contributed by atoms with Gasteiger partial charge in [-0.15, -0.1) is 5.10 Å². The second-order valence-electron chi connectivity index (χ2n) is 7.66. The molecule has 2 saturated carbocycles. The lowest BCUT2D eigenvalue weighted by molar-refractivity contribution is 0.0418. The van der Waals surface area contributed by atoms with Crippen molar-refractivity contribution in [2.45, 2.75) is 50.7 Å². The zero-order valence-electron chi connectivity index (χ0n) is 14.9. The molecule has 1 aromatic carbocycles. The highest BCUT2D eigenvalue weighted by molar-refractivity contribution is 6.36. The number of aromatic nitrogens is 4. The minimum absolute atomic E-state index is 0.397. The van der Waals surface area contributed by atoms with Crippen molar-refractivity contribution in [2.75, 3.05) is 0 Å². The summed E-state index contributed by atoms with van der Waals surface area (Å²) in [4.78, 5) is 4.36. The maximum atomic E-state index is 11.0. The van der Waals surface area contributed by atoms with Gasteiger partial charge in [-0.25, -0.2) is 9.67 Å². The SMILES string of the molecule is OC1(c2cccnc2Oc2ccc3c(nnn3CC3CC3)c2Cl)CCCC1. The minimum atomic E-state index is -0.881. The summed E-state index contributed by atoms with van der Waals surface area (Å²) in [6.45, 7) is 0.879. The summed E-state index contributed by atoms with van der Waals surface area (Å²) in [5.74, 6) is 1.57. The number of rotatable bonds is 5. The van der Waals surface area contributed by atoms with Gasteiger partial charge in [-0.2, -0.15) is 0 Å². The van der Waals surface area contributed by atoms with Crippen molar-refractivity contribution in [2.24, 2.45) is 5.92 Å². The van der Waals surface area contributed by atoms with Crippen LogP contribution in [0.3, 0.4) is 0 Å². The van der Waals surface area contributed by atoms with Crippen LogP contribution in [0.2, 0.25) is 5.02 Å². The molecule has 0 unspecified atom stereocenters. The summed E-state index contributed by atoms with van der Waals surface area (Å²) in [5.41, 5.74) is 1.38. The molecular formula is C20H21ClN4O2. The molecule has 7 heteroatoms. The Balaban J connectivity index is 1.49. The van der Waals surface area contributed by atoms with Crippen molar-refractivity contribution in [1.82, 2.24) is 20.0 Å². The number of pyridine rings is 1. The number of ether oxygens (including phenoxy) is 1. The highest BCUT2D eigenvalue weighted by Gasteiger charge is 2.36. The Morgan fingerprint density at radius 1 is 1.22 bits per heavy atom. The van der Waals surface area contributed by atoms with Gasteiger partial charge in [-0.1, -0.05) is 29.7 Å². The summed E-state index contributed by atoms with van der Waals surface area (Å²) in [5, 5.41) is 19.9. The molecule has 0 atom stereocenters. The fourth-order valence-electron chi connectivity index (χ4n) is 3.90. The van der Waals surface area contributed by atoms with Gasteiger partial charge >= 0.3 is 0 Å². The summed E-state index contributed by atoms with van der Waals surface area (Å²) >= 11 is 6.57. The summed E-state index contributed by atoms with van der Waals surface area (Å²) in [6.07, 6.45) is 7.61. The van der Waals surface area contributed by atoms with Crippen LogP contribution < -0.4 is 4.74 Å². The molecule has 0 saturated heterocycles. The van der Waals surface area contributed by atoms with E-state index in [9.17, 15) is 5.11 Å². The third kappa shape index (κ3) is 3.07. The smallest absolute Gasteiger partial charge is 0.225 e. The first-order chi connectivity index (χ1) is 13.1. The van der Waals surface area contributed by atoms with E-state index < -0.39 is 5.60 Å². The lowest BCUT2D eigenvalue weighted by Gasteiger charge is -2.24. The molecule has 0 radical (unpaired) electrons. The van der Waals surface area contributed by atoms with Gasteiger partial charge in [0.05, 0.1) is 11.1 Å². The van der Waals surface area contributed by atoms with Gasteiger partial charge in [0.15, 0.2) is 5.75 Å². The standard InChI is InChI=1S/C20H21ClN4O2/c21-17-16(8-7-15-18(17)23-24-25(15)12-13-5-6-13)27-19-14(4-3-11-22-19)20(26)9-1-2-10-20/h3-4,7-8,11,13,26H,1-2,5-6,9-10,12H2. The van der Waals surface area contributed by atoms with E-state index >= 15 is 0 Å². The average Bonchev–Trinajstić information content (AvgIpc) is 3.22. The molecule has 2 aromatic heterocycles. The predicted octanol–water partition coefficient (Wildman–Crippen LogP) is 4.44. The third-order valence-electron chi connectivity index (χ3n) is 5.63. The molecule has 1 N–H and O–H groups in total. The van der Waals surface area contributed by atoms with Crippen LogP contribution in [0.15, 0.2) is 30.5 Å². The monoisotopic (exact) mass is 384 g/mol. The third-order valence-corrected chi connectivity index (χ3v) is 5.99. The lowest BCUT2D eigenvalue weighted by Crippen LogP contribution is -2.22. The first-order valence-electron chi connectivity index (χ1n) is 9.51. The van der Waals surface area contributed by atoms with Crippen LogP contribution in [0, 0.1) is 5.92 Å². The predicted molar refractivity (Wildman–Crippen MR) is 102 cm³/mol. The van der Waals surface area contributed by atoms with Crippen molar-refractivity contribution >= 4 is 22.6 Å². The first-order valence-corrected chi connectivity index (χ1v) is 9.89. The maximum Gasteiger partial charge on any atom is 0.225 e. The second-order valence-corrected chi connectivity index (χ2v) is 8.04.